The molecule has 138 valence electrons. The Morgan fingerprint density at radius 1 is 1.15 bits per heavy atom. The van der Waals surface area contributed by atoms with E-state index in [4.69, 9.17) is 4.74 Å². The van der Waals surface area contributed by atoms with Crippen LogP contribution in [0.5, 0.6) is 5.75 Å². The van der Waals surface area contributed by atoms with Gasteiger partial charge in [-0.3, -0.25) is 4.79 Å². The molecule has 4 heteroatoms. The zero-order valence-corrected chi connectivity index (χ0v) is 16.1. The quantitative estimate of drug-likeness (QED) is 0.819. The van der Waals surface area contributed by atoms with Gasteiger partial charge in [0, 0.05) is 43.9 Å². The van der Waals surface area contributed by atoms with Gasteiger partial charge >= 0.3 is 0 Å². The Balaban J connectivity index is 1.75. The summed E-state index contributed by atoms with van der Waals surface area (Å²) in [5.41, 5.74) is 3.01. The number of hydrogen-bond donors (Lipinski definition) is 0. The number of anilines is 1. The molecule has 1 aliphatic rings. The highest BCUT2D eigenvalue weighted by Gasteiger charge is 2.26. The van der Waals surface area contributed by atoms with E-state index in [1.54, 1.807) is 0 Å². The van der Waals surface area contributed by atoms with Crippen LogP contribution in [0.1, 0.15) is 29.8 Å². The Morgan fingerprint density at radius 2 is 1.92 bits per heavy atom. The van der Waals surface area contributed by atoms with Crippen LogP contribution >= 0.6 is 0 Å². The lowest BCUT2D eigenvalue weighted by Gasteiger charge is -2.33. The lowest BCUT2D eigenvalue weighted by Crippen LogP contribution is -2.43. The van der Waals surface area contributed by atoms with Gasteiger partial charge in [0.15, 0.2) is 0 Å². The number of rotatable bonds is 5. The van der Waals surface area contributed by atoms with Gasteiger partial charge in [-0.25, -0.2) is 0 Å². The zero-order chi connectivity index (χ0) is 18.7. The molecule has 0 saturated heterocycles. The van der Waals surface area contributed by atoms with E-state index >= 15 is 0 Å². The van der Waals surface area contributed by atoms with E-state index in [0.29, 0.717) is 19.1 Å². The van der Waals surface area contributed by atoms with Crippen LogP contribution in [0.25, 0.3) is 0 Å². The van der Waals surface area contributed by atoms with Gasteiger partial charge in [0.1, 0.15) is 5.75 Å². The van der Waals surface area contributed by atoms with Crippen molar-refractivity contribution in [3.05, 3.63) is 59.7 Å². The molecule has 1 unspecified atom stereocenters. The van der Waals surface area contributed by atoms with E-state index in [1.807, 2.05) is 66.4 Å². The topological polar surface area (TPSA) is 32.8 Å². The Kier molecular flexibility index (Phi) is 5.50. The molecule has 0 radical (unpaired) electrons. The molecule has 1 amide bonds. The largest absolute Gasteiger partial charge is 0.493 e. The molecule has 2 aromatic carbocycles. The van der Waals surface area contributed by atoms with Crippen molar-refractivity contribution in [2.24, 2.45) is 5.92 Å². The van der Waals surface area contributed by atoms with Crippen molar-refractivity contribution < 1.29 is 9.53 Å². The fourth-order valence-corrected chi connectivity index (χ4v) is 3.40. The molecule has 0 bridgehead atoms. The summed E-state index contributed by atoms with van der Waals surface area (Å²) in [6.45, 7) is 5.51. The van der Waals surface area contributed by atoms with Crippen molar-refractivity contribution in [3.8, 4) is 5.75 Å². The first-order chi connectivity index (χ1) is 12.5. The fourth-order valence-electron chi connectivity index (χ4n) is 3.40. The number of carbonyl (C=O) groups is 1. The summed E-state index contributed by atoms with van der Waals surface area (Å²) in [6, 6.07) is 16.1. The predicted octanol–water partition coefficient (Wildman–Crippen LogP) is 3.85. The van der Waals surface area contributed by atoms with Crippen molar-refractivity contribution >= 4 is 11.6 Å². The van der Waals surface area contributed by atoms with Gasteiger partial charge in [-0.1, -0.05) is 24.3 Å². The number of benzene rings is 2. The molecule has 4 nitrogen and oxygen atoms in total. The summed E-state index contributed by atoms with van der Waals surface area (Å²) in [7, 11) is 3.97. The molecule has 26 heavy (non-hydrogen) atoms. The highest BCUT2D eigenvalue weighted by Crippen LogP contribution is 2.28. The van der Waals surface area contributed by atoms with Crippen LogP contribution < -0.4 is 9.64 Å². The summed E-state index contributed by atoms with van der Waals surface area (Å²) in [6.07, 6.45) is 0.949. The van der Waals surface area contributed by atoms with E-state index in [0.717, 1.165) is 23.4 Å². The van der Waals surface area contributed by atoms with Crippen molar-refractivity contribution in [2.45, 2.75) is 26.3 Å². The molecule has 1 atom stereocenters. The monoisotopic (exact) mass is 352 g/mol. The van der Waals surface area contributed by atoms with Crippen molar-refractivity contribution in [1.82, 2.24) is 4.90 Å². The average molecular weight is 352 g/mol. The van der Waals surface area contributed by atoms with Crippen molar-refractivity contribution in [1.29, 1.82) is 0 Å². The van der Waals surface area contributed by atoms with Gasteiger partial charge in [0.25, 0.3) is 5.91 Å². The van der Waals surface area contributed by atoms with Crippen LogP contribution in [0, 0.1) is 5.92 Å². The highest BCUT2D eigenvalue weighted by molar-refractivity contribution is 5.95. The van der Waals surface area contributed by atoms with E-state index in [-0.39, 0.29) is 11.9 Å². The molecular formula is C22H28N2O2. The molecule has 0 aromatic heterocycles. The third kappa shape index (κ3) is 4.01. The van der Waals surface area contributed by atoms with Gasteiger partial charge in [0.05, 0.1) is 6.61 Å². The minimum atomic E-state index is 0.0857. The molecule has 0 saturated carbocycles. The van der Waals surface area contributed by atoms with E-state index in [1.165, 1.54) is 5.56 Å². The second kappa shape index (κ2) is 7.81. The van der Waals surface area contributed by atoms with Gasteiger partial charge < -0.3 is 14.5 Å². The van der Waals surface area contributed by atoms with E-state index in [9.17, 15) is 4.79 Å². The molecule has 1 aliphatic heterocycles. The number of para-hydroxylation sites is 1. The second-order valence-corrected chi connectivity index (χ2v) is 7.48. The van der Waals surface area contributed by atoms with Crippen LogP contribution in [0.2, 0.25) is 0 Å². The number of carbonyl (C=O) groups excluding carboxylic acids is 1. The predicted molar refractivity (Wildman–Crippen MR) is 106 cm³/mol. The molecule has 0 fully saturated rings. The molecule has 0 N–H and O–H groups in total. The van der Waals surface area contributed by atoms with Crippen LogP contribution in [-0.2, 0) is 6.42 Å². The SMILES string of the molecule is CC(C)N(CC1COc2ccccc2C1)C(=O)c1cccc(N(C)C)c1. The lowest BCUT2D eigenvalue weighted by molar-refractivity contribution is 0.0636. The first kappa shape index (κ1) is 18.3. The van der Waals surface area contributed by atoms with Gasteiger partial charge in [-0.2, -0.15) is 0 Å². The third-order valence-corrected chi connectivity index (χ3v) is 4.90. The zero-order valence-electron chi connectivity index (χ0n) is 16.1. The molecule has 0 spiro atoms. The van der Waals surface area contributed by atoms with Crippen molar-refractivity contribution in [2.75, 3.05) is 32.1 Å². The smallest absolute Gasteiger partial charge is 0.254 e. The van der Waals surface area contributed by atoms with Crippen molar-refractivity contribution in [3.63, 3.8) is 0 Å². The minimum absolute atomic E-state index is 0.0857. The maximum atomic E-state index is 13.1. The van der Waals surface area contributed by atoms with Gasteiger partial charge in [-0.15, -0.1) is 0 Å². The first-order valence-corrected chi connectivity index (χ1v) is 9.24. The normalized spacial score (nSPS) is 16.0. The number of amides is 1. The second-order valence-electron chi connectivity index (χ2n) is 7.48. The Hall–Kier alpha value is -2.49. The van der Waals surface area contributed by atoms with Gasteiger partial charge in [-0.05, 0) is 50.1 Å². The molecular weight excluding hydrogens is 324 g/mol. The van der Waals surface area contributed by atoms with Crippen LogP contribution in [0.3, 0.4) is 0 Å². The fraction of sp³-hybridized carbons (Fsp3) is 0.409. The summed E-state index contributed by atoms with van der Waals surface area (Å²) >= 11 is 0. The summed E-state index contributed by atoms with van der Waals surface area (Å²) in [5.74, 6) is 1.38. The van der Waals surface area contributed by atoms with E-state index < -0.39 is 0 Å². The number of hydrogen-bond acceptors (Lipinski definition) is 3. The Labute approximate surface area is 156 Å². The van der Waals surface area contributed by atoms with Crippen LogP contribution in [0.15, 0.2) is 48.5 Å². The first-order valence-electron chi connectivity index (χ1n) is 9.24. The minimum Gasteiger partial charge on any atom is -0.493 e. The standard InChI is InChI=1S/C22H28N2O2/c1-16(2)24(22(25)19-9-7-10-20(13-19)23(3)4)14-17-12-18-8-5-6-11-21(18)26-15-17/h5-11,13,16-17H,12,14-15H2,1-4H3. The van der Waals surface area contributed by atoms with Gasteiger partial charge in [0.2, 0.25) is 0 Å². The lowest BCUT2D eigenvalue weighted by atomic mass is 9.95. The summed E-state index contributed by atoms with van der Waals surface area (Å²) in [5, 5.41) is 0. The van der Waals surface area contributed by atoms with Crippen LogP contribution in [-0.4, -0.2) is 44.1 Å². The summed E-state index contributed by atoms with van der Waals surface area (Å²) < 4.78 is 5.91. The Morgan fingerprint density at radius 3 is 2.65 bits per heavy atom. The molecule has 3 rings (SSSR count). The maximum Gasteiger partial charge on any atom is 0.254 e. The number of fused-ring (bicyclic) bond motifs is 1. The average Bonchev–Trinajstić information content (AvgIpc) is 2.65. The third-order valence-electron chi connectivity index (χ3n) is 4.90. The van der Waals surface area contributed by atoms with Crippen LogP contribution in [0.4, 0.5) is 5.69 Å². The summed E-state index contributed by atoms with van der Waals surface area (Å²) in [4.78, 5) is 17.1. The molecule has 2 aromatic rings. The Bertz CT molecular complexity index is 770. The maximum absolute atomic E-state index is 13.1. The molecule has 0 aliphatic carbocycles. The number of nitrogens with zero attached hydrogens (tertiary/aromatic N) is 2. The van der Waals surface area contributed by atoms with E-state index in [2.05, 4.69) is 19.9 Å². The highest BCUT2D eigenvalue weighted by atomic mass is 16.5. The number of ether oxygens (including phenoxy) is 1. The molecule has 1 heterocycles.